The zero-order chi connectivity index (χ0) is 9.73. The summed E-state index contributed by atoms with van der Waals surface area (Å²) in [6.45, 7) is 3.05. The summed E-state index contributed by atoms with van der Waals surface area (Å²) in [5, 5.41) is 12.1. The van der Waals surface area contributed by atoms with Gasteiger partial charge in [-0.1, -0.05) is 13.3 Å². The molecule has 3 heteroatoms. The molecule has 1 rings (SSSR count). The van der Waals surface area contributed by atoms with Crippen molar-refractivity contribution in [3.8, 4) is 6.07 Å². The predicted octanol–water partition coefficient (Wildman–Crippen LogP) is 2.16. The van der Waals surface area contributed by atoms with Gasteiger partial charge in [0.15, 0.2) is 0 Å². The smallest absolute Gasteiger partial charge is 0.0950 e. The summed E-state index contributed by atoms with van der Waals surface area (Å²) in [4.78, 5) is 0. The summed E-state index contributed by atoms with van der Waals surface area (Å²) in [5.74, 6) is 0. The Labute approximate surface area is 85.1 Å². The Hall–Kier alpha value is -0.200. The van der Waals surface area contributed by atoms with Gasteiger partial charge in [-0.15, -0.1) is 0 Å². The molecule has 13 heavy (non-hydrogen) atoms. The fraction of sp³-hybridized carbons (Fsp3) is 0.900. The first-order chi connectivity index (χ1) is 6.26. The van der Waals surface area contributed by atoms with E-state index in [1.165, 1.54) is 19.3 Å². The second kappa shape index (κ2) is 4.88. The number of nitrogens with one attached hydrogen (secondary N) is 1. The number of rotatable bonds is 5. The van der Waals surface area contributed by atoms with E-state index in [2.05, 4.69) is 17.6 Å². The van der Waals surface area contributed by atoms with Crippen LogP contribution in [0.5, 0.6) is 0 Å². The van der Waals surface area contributed by atoms with E-state index < -0.39 is 0 Å². The van der Waals surface area contributed by atoms with Crippen molar-refractivity contribution in [3.63, 3.8) is 0 Å². The molecule has 0 aromatic heterocycles. The minimum atomic E-state index is 0.0459. The molecule has 0 heterocycles. The van der Waals surface area contributed by atoms with E-state index in [0.717, 1.165) is 13.0 Å². The van der Waals surface area contributed by atoms with Crippen LogP contribution in [0.2, 0.25) is 0 Å². The van der Waals surface area contributed by atoms with Gasteiger partial charge in [0.05, 0.1) is 12.1 Å². The van der Waals surface area contributed by atoms with Crippen LogP contribution in [-0.2, 0) is 0 Å². The van der Waals surface area contributed by atoms with Crippen molar-refractivity contribution >= 4 is 11.8 Å². The van der Waals surface area contributed by atoms with Gasteiger partial charge >= 0.3 is 0 Å². The van der Waals surface area contributed by atoms with Gasteiger partial charge in [-0.05, 0) is 25.5 Å². The molecule has 0 spiro atoms. The molecule has 0 amide bonds. The molecule has 1 atom stereocenters. The molecule has 0 aromatic carbocycles. The summed E-state index contributed by atoms with van der Waals surface area (Å²) in [6, 6.07) is 2.32. The topological polar surface area (TPSA) is 35.8 Å². The average molecular weight is 198 g/mol. The lowest BCUT2D eigenvalue weighted by Gasteiger charge is -2.41. The highest BCUT2D eigenvalue weighted by Crippen LogP contribution is 2.42. The monoisotopic (exact) mass is 198 g/mol. The Bertz CT molecular complexity index is 188. The van der Waals surface area contributed by atoms with E-state index in [1.807, 2.05) is 18.7 Å². The highest BCUT2D eigenvalue weighted by Gasteiger charge is 2.35. The maximum atomic E-state index is 8.77. The Kier molecular flexibility index (Phi) is 4.08. The van der Waals surface area contributed by atoms with Gasteiger partial charge in [0.25, 0.3) is 0 Å². The van der Waals surface area contributed by atoms with Crippen LogP contribution in [0.1, 0.15) is 32.6 Å². The molecule has 0 aliphatic heterocycles. The van der Waals surface area contributed by atoms with Gasteiger partial charge in [-0.2, -0.15) is 17.0 Å². The van der Waals surface area contributed by atoms with Crippen LogP contribution < -0.4 is 5.32 Å². The highest BCUT2D eigenvalue weighted by molar-refractivity contribution is 8.00. The van der Waals surface area contributed by atoms with Gasteiger partial charge in [0.2, 0.25) is 0 Å². The molecule has 1 aliphatic rings. The van der Waals surface area contributed by atoms with E-state index in [0.29, 0.717) is 4.75 Å². The minimum absolute atomic E-state index is 0.0459. The molecule has 0 aromatic rings. The molecule has 1 aliphatic carbocycles. The quantitative estimate of drug-likeness (QED) is 0.735. The Balaban J connectivity index is 2.28. The van der Waals surface area contributed by atoms with Gasteiger partial charge in [0, 0.05) is 11.3 Å². The summed E-state index contributed by atoms with van der Waals surface area (Å²) >= 11 is 1.95. The van der Waals surface area contributed by atoms with Gasteiger partial charge < -0.3 is 5.32 Å². The number of hydrogen-bond donors (Lipinski definition) is 1. The van der Waals surface area contributed by atoms with Crippen molar-refractivity contribution in [1.29, 1.82) is 5.26 Å². The lowest BCUT2D eigenvalue weighted by atomic mass is 9.84. The van der Waals surface area contributed by atoms with Crippen LogP contribution >= 0.6 is 11.8 Å². The molecule has 1 unspecified atom stereocenters. The Morgan fingerprint density at radius 2 is 2.31 bits per heavy atom. The van der Waals surface area contributed by atoms with Crippen molar-refractivity contribution in [2.24, 2.45) is 0 Å². The molecule has 2 nitrogen and oxygen atoms in total. The summed E-state index contributed by atoms with van der Waals surface area (Å²) < 4.78 is 0.449. The SMILES string of the molecule is CCC(C#N)NCC1(SC)CCC1. The molecule has 0 bridgehead atoms. The Morgan fingerprint density at radius 1 is 1.62 bits per heavy atom. The first kappa shape index (κ1) is 10.9. The summed E-state index contributed by atoms with van der Waals surface area (Å²) in [6.07, 6.45) is 7.05. The molecule has 0 saturated heterocycles. The maximum Gasteiger partial charge on any atom is 0.0950 e. The molecule has 1 saturated carbocycles. The first-order valence-electron chi connectivity index (χ1n) is 4.94. The minimum Gasteiger partial charge on any atom is -0.301 e. The van der Waals surface area contributed by atoms with E-state index >= 15 is 0 Å². The molecule has 1 fully saturated rings. The third-order valence-corrected chi connectivity index (χ3v) is 4.35. The van der Waals surface area contributed by atoms with Crippen LogP contribution in [0.4, 0.5) is 0 Å². The standard InChI is InChI=1S/C10H18N2S/c1-3-9(7-11)12-8-10(13-2)5-4-6-10/h9,12H,3-6,8H2,1-2H3. The van der Waals surface area contributed by atoms with E-state index in [9.17, 15) is 0 Å². The van der Waals surface area contributed by atoms with Crippen LogP contribution in [0, 0.1) is 11.3 Å². The van der Waals surface area contributed by atoms with Crippen molar-refractivity contribution in [3.05, 3.63) is 0 Å². The fourth-order valence-electron chi connectivity index (χ4n) is 1.61. The van der Waals surface area contributed by atoms with Gasteiger partial charge in [-0.3, -0.25) is 0 Å². The molecular weight excluding hydrogens is 180 g/mol. The van der Waals surface area contributed by atoms with E-state index in [4.69, 9.17) is 5.26 Å². The van der Waals surface area contributed by atoms with Crippen LogP contribution in [0.25, 0.3) is 0 Å². The van der Waals surface area contributed by atoms with Crippen LogP contribution in [0.3, 0.4) is 0 Å². The second-order valence-electron chi connectivity index (χ2n) is 3.71. The number of nitrogens with zero attached hydrogens (tertiary/aromatic N) is 1. The molecule has 0 radical (unpaired) electrons. The van der Waals surface area contributed by atoms with E-state index in [-0.39, 0.29) is 6.04 Å². The first-order valence-corrected chi connectivity index (χ1v) is 6.17. The summed E-state index contributed by atoms with van der Waals surface area (Å²) in [5.41, 5.74) is 0. The maximum absolute atomic E-state index is 8.77. The fourth-order valence-corrected chi connectivity index (χ4v) is 2.54. The summed E-state index contributed by atoms with van der Waals surface area (Å²) in [7, 11) is 0. The molecular formula is C10H18N2S. The van der Waals surface area contributed by atoms with Crippen LogP contribution in [-0.4, -0.2) is 23.6 Å². The average Bonchev–Trinajstić information content (AvgIpc) is 2.10. The van der Waals surface area contributed by atoms with Gasteiger partial charge in [-0.25, -0.2) is 0 Å². The van der Waals surface area contributed by atoms with Crippen molar-refractivity contribution in [1.82, 2.24) is 5.32 Å². The lowest BCUT2D eigenvalue weighted by Crippen LogP contribution is -2.46. The van der Waals surface area contributed by atoms with Gasteiger partial charge in [0.1, 0.15) is 0 Å². The normalized spacial score (nSPS) is 21.6. The zero-order valence-electron chi connectivity index (χ0n) is 8.47. The largest absolute Gasteiger partial charge is 0.301 e. The van der Waals surface area contributed by atoms with Crippen molar-refractivity contribution in [2.45, 2.75) is 43.4 Å². The number of hydrogen-bond acceptors (Lipinski definition) is 3. The lowest BCUT2D eigenvalue weighted by molar-refractivity contribution is 0.338. The Morgan fingerprint density at radius 3 is 2.62 bits per heavy atom. The third-order valence-electron chi connectivity index (χ3n) is 2.93. The zero-order valence-corrected chi connectivity index (χ0v) is 9.28. The van der Waals surface area contributed by atoms with E-state index in [1.54, 1.807) is 0 Å². The number of thioether (sulfide) groups is 1. The predicted molar refractivity (Wildman–Crippen MR) is 57.8 cm³/mol. The van der Waals surface area contributed by atoms with Crippen molar-refractivity contribution < 1.29 is 0 Å². The molecule has 74 valence electrons. The third kappa shape index (κ3) is 2.62. The highest BCUT2D eigenvalue weighted by atomic mass is 32.2. The van der Waals surface area contributed by atoms with Crippen molar-refractivity contribution in [2.75, 3.05) is 12.8 Å². The number of nitriles is 1. The second-order valence-corrected chi connectivity index (χ2v) is 4.99. The van der Waals surface area contributed by atoms with Crippen LogP contribution in [0.15, 0.2) is 0 Å². The molecule has 1 N–H and O–H groups in total.